The zero-order valence-electron chi connectivity index (χ0n) is 10.2. The number of allylic oxidation sites excluding steroid dienone is 1. The van der Waals surface area contributed by atoms with Gasteiger partial charge in [0.2, 0.25) is 0 Å². The van der Waals surface area contributed by atoms with Crippen molar-refractivity contribution in [3.63, 3.8) is 0 Å². The van der Waals surface area contributed by atoms with Crippen molar-refractivity contribution < 1.29 is 9.53 Å². The standard InChI is InChI=1S/C13H23ClO2/c1-2-3-4-5-6-7-8-9-10-11-13(15)16-12-14/h10-11H,2-9,12H2,1H3. The van der Waals surface area contributed by atoms with Crippen LogP contribution in [0.25, 0.3) is 0 Å². The molecule has 0 bridgehead atoms. The molecule has 0 saturated heterocycles. The number of alkyl halides is 1. The summed E-state index contributed by atoms with van der Waals surface area (Å²) in [5.74, 6) is -0.349. The topological polar surface area (TPSA) is 26.3 Å². The molecular formula is C13H23ClO2. The lowest BCUT2D eigenvalue weighted by Crippen LogP contribution is -1.97. The molecule has 0 aliphatic carbocycles. The number of hydrogen-bond acceptors (Lipinski definition) is 2. The SMILES string of the molecule is CCCCCCCCCC=CC(=O)OCCl. The summed E-state index contributed by atoms with van der Waals surface area (Å²) in [6, 6.07) is -0.0688. The highest BCUT2D eigenvalue weighted by Crippen LogP contribution is 2.08. The lowest BCUT2D eigenvalue weighted by Gasteiger charge is -1.98. The molecule has 2 nitrogen and oxygen atoms in total. The second kappa shape index (κ2) is 12.6. The minimum Gasteiger partial charge on any atom is -0.446 e. The molecule has 16 heavy (non-hydrogen) atoms. The largest absolute Gasteiger partial charge is 0.446 e. The molecule has 0 unspecified atom stereocenters. The third-order valence-electron chi connectivity index (χ3n) is 2.43. The van der Waals surface area contributed by atoms with E-state index in [1.165, 1.54) is 44.6 Å². The van der Waals surface area contributed by atoms with Crippen LogP contribution in [0.4, 0.5) is 0 Å². The minimum absolute atomic E-state index is 0.0688. The highest BCUT2D eigenvalue weighted by Gasteiger charge is 1.93. The zero-order valence-corrected chi connectivity index (χ0v) is 11.0. The van der Waals surface area contributed by atoms with Crippen LogP contribution in [0.2, 0.25) is 0 Å². The molecule has 94 valence electrons. The fourth-order valence-corrected chi connectivity index (χ4v) is 1.61. The Labute approximate surface area is 104 Å². The third-order valence-corrected chi connectivity index (χ3v) is 2.53. The van der Waals surface area contributed by atoms with Gasteiger partial charge in [-0.2, -0.15) is 0 Å². The summed E-state index contributed by atoms with van der Waals surface area (Å²) < 4.78 is 4.55. The Balaban J connectivity index is 3.17. The average Bonchev–Trinajstić information content (AvgIpc) is 2.27. The molecule has 0 heterocycles. The van der Waals surface area contributed by atoms with Crippen molar-refractivity contribution in [1.29, 1.82) is 0 Å². The van der Waals surface area contributed by atoms with Gasteiger partial charge in [0, 0.05) is 6.08 Å². The molecule has 3 heteroatoms. The van der Waals surface area contributed by atoms with Crippen molar-refractivity contribution in [2.75, 3.05) is 6.07 Å². The summed E-state index contributed by atoms with van der Waals surface area (Å²) in [7, 11) is 0. The molecule has 0 saturated carbocycles. The van der Waals surface area contributed by atoms with Crippen molar-refractivity contribution in [3.05, 3.63) is 12.2 Å². The van der Waals surface area contributed by atoms with Gasteiger partial charge >= 0.3 is 5.97 Å². The van der Waals surface area contributed by atoms with Gasteiger partial charge in [-0.05, 0) is 12.8 Å². The molecule has 0 amide bonds. The number of carbonyl (C=O) groups is 1. The second-order valence-electron chi connectivity index (χ2n) is 3.88. The summed E-state index contributed by atoms with van der Waals surface area (Å²) in [6.45, 7) is 2.23. The highest BCUT2D eigenvalue weighted by atomic mass is 35.5. The molecule has 0 spiro atoms. The van der Waals surface area contributed by atoms with Crippen molar-refractivity contribution in [1.82, 2.24) is 0 Å². The number of unbranched alkanes of at least 4 members (excludes halogenated alkanes) is 7. The van der Waals surface area contributed by atoms with Crippen molar-refractivity contribution in [3.8, 4) is 0 Å². The van der Waals surface area contributed by atoms with Gasteiger partial charge in [0.1, 0.15) is 0 Å². The molecule has 0 aromatic carbocycles. The fraction of sp³-hybridized carbons (Fsp3) is 0.769. The lowest BCUT2D eigenvalue weighted by atomic mass is 10.1. The predicted octanol–water partition coefficient (Wildman–Crippen LogP) is 4.42. The number of rotatable bonds is 10. The van der Waals surface area contributed by atoms with E-state index in [2.05, 4.69) is 11.7 Å². The van der Waals surface area contributed by atoms with E-state index in [-0.39, 0.29) is 12.0 Å². The van der Waals surface area contributed by atoms with E-state index < -0.39 is 0 Å². The maximum atomic E-state index is 10.9. The molecule has 0 aromatic rings. The van der Waals surface area contributed by atoms with Crippen LogP contribution in [0, 0.1) is 0 Å². The summed E-state index contributed by atoms with van der Waals surface area (Å²) in [5.41, 5.74) is 0. The van der Waals surface area contributed by atoms with E-state index in [1.54, 1.807) is 0 Å². The van der Waals surface area contributed by atoms with Gasteiger partial charge in [0.05, 0.1) is 0 Å². The van der Waals surface area contributed by atoms with Crippen LogP contribution in [0.15, 0.2) is 12.2 Å². The van der Waals surface area contributed by atoms with Crippen LogP contribution in [0.1, 0.15) is 58.3 Å². The smallest absolute Gasteiger partial charge is 0.331 e. The first-order chi connectivity index (χ1) is 7.81. The normalized spacial score (nSPS) is 10.9. The van der Waals surface area contributed by atoms with Gasteiger partial charge < -0.3 is 4.74 Å². The first kappa shape index (κ1) is 15.5. The van der Waals surface area contributed by atoms with Crippen LogP contribution >= 0.6 is 11.6 Å². The van der Waals surface area contributed by atoms with Crippen LogP contribution < -0.4 is 0 Å². The first-order valence-corrected chi connectivity index (χ1v) is 6.74. The Kier molecular flexibility index (Phi) is 12.2. The maximum absolute atomic E-state index is 10.9. The Morgan fingerprint density at radius 2 is 1.75 bits per heavy atom. The average molecular weight is 247 g/mol. The second-order valence-corrected chi connectivity index (χ2v) is 4.10. The summed E-state index contributed by atoms with van der Waals surface area (Å²) in [6.07, 6.45) is 13.3. The van der Waals surface area contributed by atoms with Crippen LogP contribution in [-0.4, -0.2) is 12.0 Å². The monoisotopic (exact) mass is 246 g/mol. The number of halogens is 1. The van der Waals surface area contributed by atoms with Gasteiger partial charge in [0.15, 0.2) is 6.07 Å². The fourth-order valence-electron chi connectivity index (χ4n) is 1.50. The van der Waals surface area contributed by atoms with Gasteiger partial charge in [-0.1, -0.05) is 63.1 Å². The van der Waals surface area contributed by atoms with Gasteiger partial charge in [-0.25, -0.2) is 4.79 Å². The quantitative estimate of drug-likeness (QED) is 0.247. The highest BCUT2D eigenvalue weighted by molar-refractivity contribution is 6.17. The molecule has 0 aliphatic heterocycles. The van der Waals surface area contributed by atoms with E-state index in [1.807, 2.05) is 6.08 Å². The van der Waals surface area contributed by atoms with Gasteiger partial charge in [-0.3, -0.25) is 0 Å². The van der Waals surface area contributed by atoms with E-state index >= 15 is 0 Å². The molecule has 0 fully saturated rings. The molecule has 0 rings (SSSR count). The summed E-state index contributed by atoms with van der Waals surface area (Å²) in [5, 5.41) is 0. The first-order valence-electron chi connectivity index (χ1n) is 6.20. The Morgan fingerprint density at radius 3 is 2.38 bits per heavy atom. The van der Waals surface area contributed by atoms with Crippen LogP contribution in [0.5, 0.6) is 0 Å². The lowest BCUT2D eigenvalue weighted by molar-refractivity contribution is -0.135. The number of carbonyl (C=O) groups excluding carboxylic acids is 1. The molecule has 0 N–H and O–H groups in total. The predicted molar refractivity (Wildman–Crippen MR) is 68.6 cm³/mol. The van der Waals surface area contributed by atoms with E-state index in [9.17, 15) is 4.79 Å². The molecular weight excluding hydrogens is 224 g/mol. The number of ether oxygens (including phenoxy) is 1. The molecule has 0 aliphatic rings. The molecule has 0 atom stereocenters. The Morgan fingerprint density at radius 1 is 1.12 bits per heavy atom. The van der Waals surface area contributed by atoms with Crippen molar-refractivity contribution >= 4 is 17.6 Å². The zero-order chi connectivity index (χ0) is 12.1. The minimum atomic E-state index is -0.349. The Bertz CT molecular complexity index is 190. The van der Waals surface area contributed by atoms with Gasteiger partial charge in [-0.15, -0.1) is 0 Å². The summed E-state index contributed by atoms with van der Waals surface area (Å²) >= 11 is 5.24. The number of hydrogen-bond donors (Lipinski definition) is 0. The summed E-state index contributed by atoms with van der Waals surface area (Å²) in [4.78, 5) is 10.9. The van der Waals surface area contributed by atoms with Crippen molar-refractivity contribution in [2.24, 2.45) is 0 Å². The molecule has 0 aromatic heterocycles. The van der Waals surface area contributed by atoms with E-state index in [4.69, 9.17) is 11.6 Å². The van der Waals surface area contributed by atoms with Crippen LogP contribution in [0.3, 0.4) is 0 Å². The third kappa shape index (κ3) is 11.6. The van der Waals surface area contributed by atoms with Crippen molar-refractivity contribution in [2.45, 2.75) is 58.3 Å². The Hall–Kier alpha value is -0.500. The number of esters is 1. The van der Waals surface area contributed by atoms with Gasteiger partial charge in [0.25, 0.3) is 0 Å². The van der Waals surface area contributed by atoms with E-state index in [0.717, 1.165) is 12.8 Å². The van der Waals surface area contributed by atoms with Crippen LogP contribution in [-0.2, 0) is 9.53 Å². The molecule has 0 radical (unpaired) electrons. The van der Waals surface area contributed by atoms with E-state index in [0.29, 0.717) is 0 Å². The maximum Gasteiger partial charge on any atom is 0.331 e.